The Bertz CT molecular complexity index is 853. The molecular weight excluding hydrogens is 380 g/mol. The standard InChI is InChI=1S/C21H23ClN2O4/c1-13(2)19(24-20(26)15-7-5-4-6-8-15)21(27)28-12-18(25)23-17-10-9-14(3)11-16(17)22/h4-11,13,19H,12H2,1-3H3,(H,23,25)(H,24,26)/t19-/m0/s1. The van der Waals surface area contributed by atoms with Crippen LogP contribution in [0.2, 0.25) is 5.02 Å². The van der Waals surface area contributed by atoms with Crippen LogP contribution in [0.25, 0.3) is 0 Å². The summed E-state index contributed by atoms with van der Waals surface area (Å²) in [5.41, 5.74) is 1.84. The van der Waals surface area contributed by atoms with E-state index in [0.29, 0.717) is 16.3 Å². The molecule has 0 saturated heterocycles. The van der Waals surface area contributed by atoms with E-state index in [2.05, 4.69) is 10.6 Å². The zero-order chi connectivity index (χ0) is 20.7. The molecule has 1 atom stereocenters. The lowest BCUT2D eigenvalue weighted by atomic mass is 10.0. The van der Waals surface area contributed by atoms with Crippen LogP contribution < -0.4 is 10.6 Å². The van der Waals surface area contributed by atoms with E-state index in [0.717, 1.165) is 5.56 Å². The van der Waals surface area contributed by atoms with E-state index < -0.39 is 24.5 Å². The first kappa shape index (κ1) is 21.4. The van der Waals surface area contributed by atoms with Gasteiger partial charge in [-0.2, -0.15) is 0 Å². The largest absolute Gasteiger partial charge is 0.454 e. The molecule has 0 radical (unpaired) electrons. The number of hydrogen-bond donors (Lipinski definition) is 2. The van der Waals surface area contributed by atoms with Gasteiger partial charge in [-0.15, -0.1) is 0 Å². The summed E-state index contributed by atoms with van der Waals surface area (Å²) in [7, 11) is 0. The van der Waals surface area contributed by atoms with Crippen LogP contribution in [-0.2, 0) is 14.3 Å². The number of amides is 2. The SMILES string of the molecule is Cc1ccc(NC(=O)COC(=O)[C@@H](NC(=O)c2ccccc2)C(C)C)c(Cl)c1. The summed E-state index contributed by atoms with van der Waals surface area (Å²) >= 11 is 6.07. The maximum atomic E-state index is 12.4. The van der Waals surface area contributed by atoms with E-state index in [-0.39, 0.29) is 11.8 Å². The smallest absolute Gasteiger partial charge is 0.329 e. The van der Waals surface area contributed by atoms with Crippen molar-refractivity contribution < 1.29 is 19.1 Å². The summed E-state index contributed by atoms with van der Waals surface area (Å²) in [6.07, 6.45) is 0. The van der Waals surface area contributed by atoms with Crippen LogP contribution >= 0.6 is 11.6 Å². The summed E-state index contributed by atoms with van der Waals surface area (Å²) < 4.78 is 5.09. The summed E-state index contributed by atoms with van der Waals surface area (Å²) in [6, 6.07) is 12.9. The van der Waals surface area contributed by atoms with Crippen molar-refractivity contribution in [2.75, 3.05) is 11.9 Å². The van der Waals surface area contributed by atoms with Crippen molar-refractivity contribution in [3.05, 3.63) is 64.7 Å². The lowest BCUT2D eigenvalue weighted by Gasteiger charge is -2.20. The monoisotopic (exact) mass is 402 g/mol. The zero-order valence-electron chi connectivity index (χ0n) is 16.0. The molecule has 0 spiro atoms. The van der Waals surface area contributed by atoms with E-state index in [1.54, 1.807) is 62.4 Å². The third-order valence-electron chi connectivity index (χ3n) is 3.99. The van der Waals surface area contributed by atoms with E-state index in [9.17, 15) is 14.4 Å². The predicted molar refractivity (Wildman–Crippen MR) is 108 cm³/mol. The maximum Gasteiger partial charge on any atom is 0.329 e. The molecule has 0 aliphatic rings. The molecule has 0 saturated carbocycles. The maximum absolute atomic E-state index is 12.4. The average molecular weight is 403 g/mol. The Kier molecular flexibility index (Phi) is 7.58. The summed E-state index contributed by atoms with van der Waals surface area (Å²) in [5.74, 6) is -1.79. The van der Waals surface area contributed by atoms with Crippen LogP contribution in [0, 0.1) is 12.8 Å². The van der Waals surface area contributed by atoms with Crippen LogP contribution in [0.1, 0.15) is 29.8 Å². The Balaban J connectivity index is 1.92. The van der Waals surface area contributed by atoms with Crippen LogP contribution in [0.3, 0.4) is 0 Å². The van der Waals surface area contributed by atoms with Crippen LogP contribution in [0.15, 0.2) is 48.5 Å². The van der Waals surface area contributed by atoms with Gasteiger partial charge in [0.15, 0.2) is 6.61 Å². The van der Waals surface area contributed by atoms with E-state index in [1.807, 2.05) is 6.92 Å². The fourth-order valence-corrected chi connectivity index (χ4v) is 2.73. The van der Waals surface area contributed by atoms with Crippen molar-refractivity contribution in [3.63, 3.8) is 0 Å². The minimum atomic E-state index is -0.872. The van der Waals surface area contributed by atoms with Gasteiger partial charge in [0.25, 0.3) is 11.8 Å². The number of anilines is 1. The van der Waals surface area contributed by atoms with Gasteiger partial charge in [0.05, 0.1) is 10.7 Å². The van der Waals surface area contributed by atoms with Gasteiger partial charge >= 0.3 is 5.97 Å². The summed E-state index contributed by atoms with van der Waals surface area (Å²) in [6.45, 7) is 4.97. The minimum Gasteiger partial charge on any atom is -0.454 e. The van der Waals surface area contributed by atoms with E-state index >= 15 is 0 Å². The second kappa shape index (κ2) is 9.90. The molecule has 0 unspecified atom stereocenters. The van der Waals surface area contributed by atoms with Crippen molar-refractivity contribution in [1.29, 1.82) is 0 Å². The molecule has 0 aliphatic carbocycles. The second-order valence-corrected chi connectivity index (χ2v) is 7.11. The van der Waals surface area contributed by atoms with Gasteiger partial charge in [-0.25, -0.2) is 4.79 Å². The molecule has 0 bridgehead atoms. The fourth-order valence-electron chi connectivity index (χ4n) is 2.45. The van der Waals surface area contributed by atoms with Crippen LogP contribution in [-0.4, -0.2) is 30.4 Å². The molecular formula is C21H23ClN2O4. The van der Waals surface area contributed by atoms with Crippen molar-refractivity contribution in [2.45, 2.75) is 26.8 Å². The van der Waals surface area contributed by atoms with E-state index in [4.69, 9.17) is 16.3 Å². The van der Waals surface area contributed by atoms with Crippen LogP contribution in [0.5, 0.6) is 0 Å². The molecule has 0 aliphatic heterocycles. The van der Waals surface area contributed by atoms with Gasteiger partial charge in [-0.3, -0.25) is 9.59 Å². The topological polar surface area (TPSA) is 84.5 Å². The lowest BCUT2D eigenvalue weighted by Crippen LogP contribution is -2.45. The quantitative estimate of drug-likeness (QED) is 0.693. The summed E-state index contributed by atoms with van der Waals surface area (Å²) in [4.78, 5) is 36.7. The number of halogens is 1. The van der Waals surface area contributed by atoms with Crippen molar-refractivity contribution in [1.82, 2.24) is 5.32 Å². The molecule has 2 rings (SSSR count). The third-order valence-corrected chi connectivity index (χ3v) is 4.30. The first-order chi connectivity index (χ1) is 13.3. The fraction of sp³-hybridized carbons (Fsp3) is 0.286. The Morgan fingerprint density at radius 2 is 1.75 bits per heavy atom. The number of carbonyl (C=O) groups excluding carboxylic acids is 3. The number of benzene rings is 2. The molecule has 7 heteroatoms. The molecule has 0 fully saturated rings. The second-order valence-electron chi connectivity index (χ2n) is 6.70. The minimum absolute atomic E-state index is 0.213. The molecule has 28 heavy (non-hydrogen) atoms. The van der Waals surface area contributed by atoms with Crippen LogP contribution in [0.4, 0.5) is 5.69 Å². The normalized spacial score (nSPS) is 11.6. The average Bonchev–Trinajstić information content (AvgIpc) is 2.66. The Hall–Kier alpha value is -2.86. The molecule has 2 amide bonds. The van der Waals surface area contributed by atoms with Gasteiger partial charge in [-0.05, 0) is 42.7 Å². The lowest BCUT2D eigenvalue weighted by molar-refractivity contribution is -0.150. The molecule has 148 valence electrons. The molecule has 2 aromatic rings. The van der Waals surface area contributed by atoms with Gasteiger partial charge < -0.3 is 15.4 Å². The van der Waals surface area contributed by atoms with Crippen molar-refractivity contribution in [3.8, 4) is 0 Å². The van der Waals surface area contributed by atoms with Crippen molar-refractivity contribution in [2.24, 2.45) is 5.92 Å². The first-order valence-electron chi connectivity index (χ1n) is 8.86. The number of hydrogen-bond acceptors (Lipinski definition) is 4. The number of nitrogens with one attached hydrogen (secondary N) is 2. The number of esters is 1. The molecule has 6 nitrogen and oxygen atoms in total. The highest BCUT2D eigenvalue weighted by Gasteiger charge is 2.26. The van der Waals surface area contributed by atoms with Gasteiger partial charge in [0.2, 0.25) is 0 Å². The van der Waals surface area contributed by atoms with Gasteiger partial charge in [-0.1, -0.05) is 49.7 Å². The molecule has 0 heterocycles. The van der Waals surface area contributed by atoms with Gasteiger partial charge in [0, 0.05) is 5.56 Å². The molecule has 2 N–H and O–H groups in total. The van der Waals surface area contributed by atoms with Crippen molar-refractivity contribution >= 4 is 35.1 Å². The molecule has 2 aromatic carbocycles. The Labute approximate surface area is 169 Å². The Morgan fingerprint density at radius 1 is 1.07 bits per heavy atom. The highest BCUT2D eigenvalue weighted by atomic mass is 35.5. The molecule has 0 aromatic heterocycles. The summed E-state index contributed by atoms with van der Waals surface area (Å²) in [5, 5.41) is 5.65. The van der Waals surface area contributed by atoms with E-state index in [1.165, 1.54) is 0 Å². The number of carbonyl (C=O) groups is 3. The third kappa shape index (κ3) is 6.09. The first-order valence-corrected chi connectivity index (χ1v) is 9.24. The highest BCUT2D eigenvalue weighted by Crippen LogP contribution is 2.22. The predicted octanol–water partition coefficient (Wildman–Crippen LogP) is 3.58. The zero-order valence-corrected chi connectivity index (χ0v) is 16.7. The number of ether oxygens (including phenoxy) is 1. The van der Waals surface area contributed by atoms with Gasteiger partial charge in [0.1, 0.15) is 6.04 Å². The Morgan fingerprint density at radius 3 is 2.36 bits per heavy atom. The number of aryl methyl sites for hydroxylation is 1. The number of rotatable bonds is 7. The highest BCUT2D eigenvalue weighted by molar-refractivity contribution is 6.33.